The van der Waals surface area contributed by atoms with Gasteiger partial charge >= 0.3 is 5.97 Å². The maximum absolute atomic E-state index is 10.9. The smallest absolute Gasteiger partial charge is 0.337 e. The van der Waals surface area contributed by atoms with Crippen molar-refractivity contribution >= 4 is 11.7 Å². The van der Waals surface area contributed by atoms with Gasteiger partial charge in [-0.1, -0.05) is 12.1 Å². The zero-order valence-electron chi connectivity index (χ0n) is 8.53. The third-order valence-electron chi connectivity index (χ3n) is 1.84. The summed E-state index contributed by atoms with van der Waals surface area (Å²) in [5, 5.41) is 10.7. The highest BCUT2D eigenvalue weighted by atomic mass is 16.4. The number of carboxylic acid groups (broad SMARTS) is 1. The number of hydrazine groups is 1. The maximum atomic E-state index is 10.9. The zero-order valence-corrected chi connectivity index (χ0v) is 8.53. The summed E-state index contributed by atoms with van der Waals surface area (Å²) < 4.78 is 0. The second-order valence-electron chi connectivity index (χ2n) is 3.31. The molecule has 76 valence electrons. The van der Waals surface area contributed by atoms with E-state index in [1.54, 1.807) is 17.1 Å². The Kier molecular flexibility index (Phi) is 3.09. The van der Waals surface area contributed by atoms with Crippen LogP contribution < -0.4 is 5.43 Å². The van der Waals surface area contributed by atoms with E-state index in [2.05, 4.69) is 5.43 Å². The van der Waals surface area contributed by atoms with Gasteiger partial charge < -0.3 is 10.5 Å². The van der Waals surface area contributed by atoms with Crippen molar-refractivity contribution < 1.29 is 9.90 Å². The van der Waals surface area contributed by atoms with Crippen molar-refractivity contribution in [2.24, 2.45) is 0 Å². The van der Waals surface area contributed by atoms with E-state index in [4.69, 9.17) is 5.11 Å². The molecule has 14 heavy (non-hydrogen) atoms. The molecule has 0 aromatic heterocycles. The lowest BCUT2D eigenvalue weighted by molar-refractivity contribution is 0.0697. The Bertz CT molecular complexity index is 348. The van der Waals surface area contributed by atoms with Crippen LogP contribution in [0.15, 0.2) is 18.2 Å². The van der Waals surface area contributed by atoms with Crippen molar-refractivity contribution in [3.8, 4) is 0 Å². The molecule has 1 rings (SSSR count). The summed E-state index contributed by atoms with van der Waals surface area (Å²) in [7, 11) is 3.64. The standard InChI is InChI=1S/C10H14N2O2/c1-7-5-4-6-8(10(13)14)9(7)11-12(2)3/h4-6,11H,1-3H3,(H,13,14). The predicted molar refractivity (Wildman–Crippen MR) is 55.4 cm³/mol. The van der Waals surface area contributed by atoms with Gasteiger partial charge in [-0.05, 0) is 18.6 Å². The molecule has 0 radical (unpaired) electrons. The number of anilines is 1. The number of benzene rings is 1. The molecular weight excluding hydrogens is 180 g/mol. The molecule has 0 saturated heterocycles. The van der Waals surface area contributed by atoms with Crippen LogP contribution in [0.2, 0.25) is 0 Å². The molecule has 0 aliphatic rings. The lowest BCUT2D eigenvalue weighted by Gasteiger charge is -2.17. The first kappa shape index (κ1) is 10.5. The monoisotopic (exact) mass is 194 g/mol. The van der Waals surface area contributed by atoms with E-state index in [-0.39, 0.29) is 0 Å². The van der Waals surface area contributed by atoms with Crippen LogP contribution >= 0.6 is 0 Å². The number of nitrogens with one attached hydrogen (secondary N) is 1. The molecule has 2 N–H and O–H groups in total. The molecule has 0 aliphatic carbocycles. The van der Waals surface area contributed by atoms with E-state index in [0.29, 0.717) is 11.3 Å². The van der Waals surface area contributed by atoms with E-state index in [1.807, 2.05) is 27.1 Å². The number of aromatic carboxylic acids is 1. The summed E-state index contributed by atoms with van der Waals surface area (Å²) in [4.78, 5) is 10.9. The first-order valence-corrected chi connectivity index (χ1v) is 4.29. The lowest BCUT2D eigenvalue weighted by Crippen LogP contribution is -2.22. The Labute approximate surface area is 83.1 Å². The molecule has 1 aromatic rings. The van der Waals surface area contributed by atoms with Crippen molar-refractivity contribution in [2.45, 2.75) is 6.92 Å². The molecule has 0 spiro atoms. The van der Waals surface area contributed by atoms with Gasteiger partial charge in [-0.2, -0.15) is 0 Å². The Morgan fingerprint density at radius 1 is 1.43 bits per heavy atom. The van der Waals surface area contributed by atoms with Gasteiger partial charge in [0.05, 0.1) is 11.3 Å². The number of rotatable bonds is 3. The molecule has 0 unspecified atom stereocenters. The van der Waals surface area contributed by atoms with E-state index >= 15 is 0 Å². The highest BCUT2D eigenvalue weighted by Crippen LogP contribution is 2.20. The SMILES string of the molecule is Cc1cccc(C(=O)O)c1NN(C)C. The fourth-order valence-electron chi connectivity index (χ4n) is 1.22. The average molecular weight is 194 g/mol. The van der Waals surface area contributed by atoms with Gasteiger partial charge in [0.15, 0.2) is 0 Å². The summed E-state index contributed by atoms with van der Waals surface area (Å²) in [5.41, 5.74) is 4.82. The fourth-order valence-corrected chi connectivity index (χ4v) is 1.22. The molecule has 0 aliphatic heterocycles. The molecule has 4 nitrogen and oxygen atoms in total. The summed E-state index contributed by atoms with van der Waals surface area (Å²) >= 11 is 0. The number of hydrogen-bond donors (Lipinski definition) is 2. The van der Waals surface area contributed by atoms with Crippen molar-refractivity contribution in [1.29, 1.82) is 0 Å². The van der Waals surface area contributed by atoms with Gasteiger partial charge in [-0.3, -0.25) is 0 Å². The van der Waals surface area contributed by atoms with Crippen molar-refractivity contribution in [1.82, 2.24) is 5.01 Å². The first-order chi connectivity index (χ1) is 6.52. The topological polar surface area (TPSA) is 52.6 Å². The van der Waals surface area contributed by atoms with Crippen molar-refractivity contribution in [3.05, 3.63) is 29.3 Å². The minimum atomic E-state index is -0.918. The van der Waals surface area contributed by atoms with Crippen molar-refractivity contribution in [2.75, 3.05) is 19.5 Å². The Morgan fingerprint density at radius 2 is 2.07 bits per heavy atom. The second kappa shape index (κ2) is 4.11. The largest absolute Gasteiger partial charge is 0.478 e. The van der Waals surface area contributed by atoms with Crippen LogP contribution in [0.1, 0.15) is 15.9 Å². The molecule has 1 aromatic carbocycles. The molecule has 0 heterocycles. The molecule has 0 bridgehead atoms. The third kappa shape index (κ3) is 2.23. The fraction of sp³-hybridized carbons (Fsp3) is 0.300. The van der Waals surface area contributed by atoms with Gasteiger partial charge in [0, 0.05) is 14.1 Å². The maximum Gasteiger partial charge on any atom is 0.337 e. The number of carboxylic acids is 1. The Morgan fingerprint density at radius 3 is 2.57 bits per heavy atom. The van der Waals surface area contributed by atoms with Crippen LogP contribution in [0.4, 0.5) is 5.69 Å². The lowest BCUT2D eigenvalue weighted by atomic mass is 10.1. The zero-order chi connectivity index (χ0) is 10.7. The van der Waals surface area contributed by atoms with E-state index in [1.165, 1.54) is 0 Å². The van der Waals surface area contributed by atoms with Crippen LogP contribution in [0.3, 0.4) is 0 Å². The Balaban J connectivity index is 3.15. The number of carbonyl (C=O) groups is 1. The summed E-state index contributed by atoms with van der Waals surface area (Å²) in [6, 6.07) is 5.19. The van der Waals surface area contributed by atoms with Crippen LogP contribution in [-0.4, -0.2) is 30.2 Å². The Hall–Kier alpha value is -1.55. The van der Waals surface area contributed by atoms with Crippen LogP contribution in [0.25, 0.3) is 0 Å². The number of nitrogens with zero attached hydrogens (tertiary/aromatic N) is 1. The summed E-state index contributed by atoms with van der Waals surface area (Å²) in [5.74, 6) is -0.918. The number of aryl methyl sites for hydroxylation is 1. The van der Waals surface area contributed by atoms with Crippen LogP contribution in [-0.2, 0) is 0 Å². The average Bonchev–Trinajstić information content (AvgIpc) is 2.07. The third-order valence-corrected chi connectivity index (χ3v) is 1.84. The predicted octanol–water partition coefficient (Wildman–Crippen LogP) is 1.58. The van der Waals surface area contributed by atoms with Gasteiger partial charge in [0.25, 0.3) is 0 Å². The molecule has 0 amide bonds. The van der Waals surface area contributed by atoms with E-state index in [0.717, 1.165) is 5.56 Å². The molecule has 0 atom stereocenters. The molecule has 0 fully saturated rings. The number of para-hydroxylation sites is 1. The van der Waals surface area contributed by atoms with Gasteiger partial charge in [-0.25, -0.2) is 9.80 Å². The van der Waals surface area contributed by atoms with Gasteiger partial charge in [0.2, 0.25) is 0 Å². The summed E-state index contributed by atoms with van der Waals surface area (Å²) in [6.07, 6.45) is 0. The van der Waals surface area contributed by atoms with Gasteiger partial charge in [-0.15, -0.1) is 0 Å². The first-order valence-electron chi connectivity index (χ1n) is 4.29. The highest BCUT2D eigenvalue weighted by molar-refractivity contribution is 5.94. The molecule has 4 heteroatoms. The van der Waals surface area contributed by atoms with Crippen LogP contribution in [0, 0.1) is 6.92 Å². The van der Waals surface area contributed by atoms with Crippen molar-refractivity contribution in [3.63, 3.8) is 0 Å². The minimum absolute atomic E-state index is 0.290. The van der Waals surface area contributed by atoms with E-state index in [9.17, 15) is 4.79 Å². The highest BCUT2D eigenvalue weighted by Gasteiger charge is 2.11. The minimum Gasteiger partial charge on any atom is -0.478 e. The molecule has 0 saturated carbocycles. The second-order valence-corrected chi connectivity index (χ2v) is 3.31. The summed E-state index contributed by atoms with van der Waals surface area (Å²) in [6.45, 7) is 1.87. The van der Waals surface area contributed by atoms with Gasteiger partial charge in [0.1, 0.15) is 0 Å². The van der Waals surface area contributed by atoms with Crippen LogP contribution in [0.5, 0.6) is 0 Å². The quantitative estimate of drug-likeness (QED) is 0.717. The molecular formula is C10H14N2O2. The normalized spacial score (nSPS) is 10.3. The van der Waals surface area contributed by atoms with E-state index < -0.39 is 5.97 Å². The number of hydrogen-bond acceptors (Lipinski definition) is 3.